The summed E-state index contributed by atoms with van der Waals surface area (Å²) in [4.78, 5) is 8.26. The first-order chi connectivity index (χ1) is 36.3. The third kappa shape index (κ3) is 17.6. The van der Waals surface area contributed by atoms with E-state index in [-0.39, 0.29) is 0 Å². The van der Waals surface area contributed by atoms with Crippen LogP contribution in [0.1, 0.15) is 164 Å². The fourth-order valence-corrected chi connectivity index (χ4v) is 38.0. The molecule has 2 aromatic heterocycles. The van der Waals surface area contributed by atoms with E-state index < -0.39 is 0 Å². The molecule has 0 radical (unpaired) electrons. The molecule has 74 heavy (non-hydrogen) atoms. The van der Waals surface area contributed by atoms with Gasteiger partial charge in [0.15, 0.2) is 0 Å². The lowest BCUT2D eigenvalue weighted by Gasteiger charge is -2.08. The highest BCUT2D eigenvalue weighted by Crippen LogP contribution is 2.73. The summed E-state index contributed by atoms with van der Waals surface area (Å²) in [6, 6.07) is 9.49. The monoisotopic (exact) mass is 1350 g/mol. The third-order valence-electron chi connectivity index (χ3n) is 11.6. The van der Waals surface area contributed by atoms with Crippen molar-refractivity contribution in [2.75, 3.05) is 23.0 Å². The van der Waals surface area contributed by atoms with Gasteiger partial charge < -0.3 is 0 Å². The van der Waals surface area contributed by atoms with E-state index in [1.165, 1.54) is 207 Å². The largest absolute Gasteiger partial charge is 0.136 e. The minimum Gasteiger partial charge on any atom is -0.136 e. The Balaban J connectivity index is 0.812. The van der Waals surface area contributed by atoms with Crippen molar-refractivity contribution in [1.29, 1.82) is 0 Å². The zero-order valence-electron chi connectivity index (χ0n) is 42.8. The van der Waals surface area contributed by atoms with Crippen LogP contribution in [-0.2, 0) is 0 Å². The first-order valence-electron chi connectivity index (χ1n) is 25.8. The Morgan fingerprint density at radius 3 is 0.959 bits per heavy atom. The van der Waals surface area contributed by atoms with E-state index in [9.17, 15) is 0 Å². The van der Waals surface area contributed by atoms with Gasteiger partial charge in [-0.1, -0.05) is 269 Å². The molecule has 0 nitrogen and oxygen atoms in total. The van der Waals surface area contributed by atoms with Crippen LogP contribution < -0.4 is 0 Å². The molecule has 20 heteroatoms. The molecule has 0 fully saturated rings. The Bertz CT molecular complexity index is 2380. The summed E-state index contributed by atoms with van der Waals surface area (Å²) < 4.78 is 22.4. The minimum absolute atomic E-state index is 1.25. The van der Waals surface area contributed by atoms with Gasteiger partial charge in [0.05, 0.1) is 63.6 Å². The van der Waals surface area contributed by atoms with Crippen LogP contribution in [0.25, 0.3) is 17.7 Å². The van der Waals surface area contributed by atoms with Gasteiger partial charge in [0.2, 0.25) is 0 Å². The molecule has 9 heterocycles. The maximum atomic E-state index is 2.45. The second-order valence-corrected chi connectivity index (χ2v) is 43.0. The summed E-state index contributed by atoms with van der Waals surface area (Å²) in [6.45, 7) is 13.8. The fraction of sp³-hybridized carbons (Fsp3) is 0.481. The lowest BCUT2D eigenvalue weighted by Crippen LogP contribution is -1.83. The molecule has 0 saturated carbocycles. The molecule has 2 aromatic rings. The molecule has 0 unspecified atom stereocenters. The Labute approximate surface area is 529 Å². The molecular formula is C54H64S20. The number of thiophene rings is 2. The number of hydrogen-bond donors (Lipinski definition) is 0. The van der Waals surface area contributed by atoms with Crippen LogP contribution in [-0.4, -0.2) is 23.0 Å². The van der Waals surface area contributed by atoms with Gasteiger partial charge in [-0.05, 0) is 109 Å². The second-order valence-electron chi connectivity index (χ2n) is 17.6. The van der Waals surface area contributed by atoms with Crippen LogP contribution in [0.3, 0.4) is 0 Å². The third-order valence-corrected chi connectivity index (χ3v) is 39.8. The Kier molecular flexibility index (Phi) is 27.0. The van der Waals surface area contributed by atoms with Crippen LogP contribution in [0.15, 0.2) is 97.6 Å². The van der Waals surface area contributed by atoms with E-state index in [0.717, 1.165) is 0 Å². The predicted octanol–water partition coefficient (Wildman–Crippen LogP) is 27.7. The summed E-state index contributed by atoms with van der Waals surface area (Å²) in [5.41, 5.74) is 1.40. The molecule has 7 aliphatic heterocycles. The first-order valence-corrected chi connectivity index (χ1v) is 42.8. The van der Waals surface area contributed by atoms with Gasteiger partial charge in [0.25, 0.3) is 0 Å². The normalized spacial score (nSPS) is 19.0. The highest BCUT2D eigenvalue weighted by Gasteiger charge is 2.37. The smallest absolute Gasteiger partial charge is 0.0718 e. The van der Waals surface area contributed by atoms with Crippen molar-refractivity contribution in [1.82, 2.24) is 0 Å². The van der Waals surface area contributed by atoms with Crippen LogP contribution in [0, 0.1) is 0 Å². The predicted molar refractivity (Wildman–Crippen MR) is 384 cm³/mol. The standard InChI is InChI=1S/C54H64S20/c1-7-11-15-19-27-55-43-44(56-28-20-16-12-8-2)68-51(67-43)53-71-47-48(72-53)64-39(63-47)31-35-23-25-37(61-35)41(42-59-33(5)34(6)60-42)38-26-24-36(62-38)32-40-65-49-50(66-40)74-54(73-49)52-69-45(57-29-21-17-13-9-3)46(70-52)58-30-22-18-14-10-4/h23-26,31-32H,7-22,27-30H2,1-6H3. The van der Waals surface area contributed by atoms with E-state index in [0.29, 0.717) is 0 Å². The Morgan fingerprint density at radius 2 is 0.649 bits per heavy atom. The van der Waals surface area contributed by atoms with E-state index in [4.69, 9.17) is 0 Å². The second kappa shape index (κ2) is 32.4. The van der Waals surface area contributed by atoms with Crippen LogP contribution in [0.5, 0.6) is 0 Å². The van der Waals surface area contributed by atoms with Gasteiger partial charge in [-0.2, -0.15) is 0 Å². The van der Waals surface area contributed by atoms with Crippen LogP contribution >= 0.6 is 234 Å². The van der Waals surface area contributed by atoms with E-state index in [2.05, 4.69) is 172 Å². The van der Waals surface area contributed by atoms with Gasteiger partial charge in [-0.3, -0.25) is 0 Å². The van der Waals surface area contributed by atoms with Crippen molar-refractivity contribution in [2.45, 2.75) is 144 Å². The summed E-state index contributed by atoms with van der Waals surface area (Å²) >= 11 is 40.6. The summed E-state index contributed by atoms with van der Waals surface area (Å²) in [7, 11) is 0. The summed E-state index contributed by atoms with van der Waals surface area (Å²) in [5, 5.41) is 0. The molecule has 0 aliphatic carbocycles. The van der Waals surface area contributed by atoms with Gasteiger partial charge in [-0.15, -0.1) is 69.7 Å². The number of unbranched alkanes of at least 4 members (excludes halogenated alkanes) is 12. The molecule has 0 atom stereocenters. The number of rotatable bonds is 28. The average molecular weight is 1350 g/mol. The maximum Gasteiger partial charge on any atom is 0.0718 e. The molecular weight excluding hydrogens is 1290 g/mol. The molecule has 0 aromatic carbocycles. The van der Waals surface area contributed by atoms with E-state index in [1.54, 1.807) is 16.9 Å². The SMILES string of the molecule is CCCCCCSC1=C(SCCCCCC)SC(=C2SC3=C(SC(=Cc4ccc(C(=C5SC(C)=C(C)S5)c5ccc(C=C6SC7=C(S6)SC(=C6SC(SCCCCCC)=C(SCCCCCC)S6)S7)s5)s4)S3)S2)S1. The quantitative estimate of drug-likeness (QED) is 0.0742. The molecule has 0 amide bonds. The Morgan fingerprint density at radius 1 is 0.351 bits per heavy atom. The van der Waals surface area contributed by atoms with Crippen molar-refractivity contribution in [3.8, 4) is 0 Å². The van der Waals surface area contributed by atoms with Crippen molar-refractivity contribution < 1.29 is 0 Å². The molecule has 0 N–H and O–H groups in total. The van der Waals surface area contributed by atoms with E-state index >= 15 is 0 Å². The molecule has 0 bridgehead atoms. The van der Waals surface area contributed by atoms with Crippen molar-refractivity contribution >= 4 is 252 Å². The van der Waals surface area contributed by atoms with Crippen molar-refractivity contribution in [3.05, 3.63) is 117 Å². The number of hydrogen-bond acceptors (Lipinski definition) is 20. The zero-order chi connectivity index (χ0) is 51.2. The topological polar surface area (TPSA) is 0 Å². The molecule has 0 saturated heterocycles. The van der Waals surface area contributed by atoms with Crippen LogP contribution in [0.4, 0.5) is 0 Å². The van der Waals surface area contributed by atoms with Gasteiger partial charge >= 0.3 is 0 Å². The first kappa shape index (κ1) is 61.7. The maximum absolute atomic E-state index is 2.45. The van der Waals surface area contributed by atoms with Gasteiger partial charge in [0.1, 0.15) is 0 Å². The fourth-order valence-electron chi connectivity index (χ4n) is 7.56. The number of thioether (sulfide) groups is 18. The average Bonchev–Trinajstić information content (AvgIpc) is 4.25. The lowest BCUT2D eigenvalue weighted by molar-refractivity contribution is 0.707. The summed E-state index contributed by atoms with van der Waals surface area (Å²) in [5.74, 6) is 4.99. The molecule has 0 spiro atoms. The van der Waals surface area contributed by atoms with Gasteiger partial charge in [-0.25, -0.2) is 0 Å². The van der Waals surface area contributed by atoms with Gasteiger partial charge in [0, 0.05) is 25.1 Å². The van der Waals surface area contributed by atoms with Crippen LogP contribution in [0.2, 0.25) is 0 Å². The molecule has 400 valence electrons. The highest BCUT2D eigenvalue weighted by molar-refractivity contribution is 8.51. The zero-order valence-corrected chi connectivity index (χ0v) is 59.1. The lowest BCUT2D eigenvalue weighted by atomic mass is 10.2. The number of allylic oxidation sites excluding steroid dienone is 2. The minimum atomic E-state index is 1.25. The van der Waals surface area contributed by atoms with Crippen molar-refractivity contribution in [2.24, 2.45) is 0 Å². The Hall–Kier alpha value is 3.10. The highest BCUT2D eigenvalue weighted by atomic mass is 32.3. The molecule has 9 rings (SSSR count). The van der Waals surface area contributed by atoms with E-state index in [1.807, 2.05) is 140 Å². The molecule has 7 aliphatic rings. The summed E-state index contributed by atoms with van der Waals surface area (Å²) in [6.07, 6.45) is 26.3. The van der Waals surface area contributed by atoms with Crippen molar-refractivity contribution in [3.63, 3.8) is 0 Å².